The van der Waals surface area contributed by atoms with Crippen molar-refractivity contribution < 1.29 is 0 Å². The van der Waals surface area contributed by atoms with E-state index in [1.807, 2.05) is 0 Å². The van der Waals surface area contributed by atoms with Gasteiger partial charge in [-0.25, -0.2) is 0 Å². The van der Waals surface area contributed by atoms with Crippen molar-refractivity contribution in [2.45, 2.75) is 24.9 Å². The number of hydrogen-bond acceptors (Lipinski definition) is 3. The van der Waals surface area contributed by atoms with Crippen molar-refractivity contribution in [3.8, 4) is 0 Å². The molecule has 0 bridgehead atoms. The zero-order valence-corrected chi connectivity index (χ0v) is 10.7. The molecule has 1 aliphatic rings. The van der Waals surface area contributed by atoms with E-state index in [4.69, 9.17) is 5.73 Å². The fraction of sp³-hybridized carbons (Fsp3) is 0.571. The molecule has 94 valence electrons. The summed E-state index contributed by atoms with van der Waals surface area (Å²) >= 11 is 0. The van der Waals surface area contributed by atoms with Crippen LogP contribution >= 0.6 is 0 Å². The van der Waals surface area contributed by atoms with Gasteiger partial charge in [-0.3, -0.25) is 0 Å². The first-order valence-corrected chi connectivity index (χ1v) is 6.42. The monoisotopic (exact) mass is 233 g/mol. The first-order valence-electron chi connectivity index (χ1n) is 6.42. The highest BCUT2D eigenvalue weighted by Gasteiger charge is 2.32. The minimum absolute atomic E-state index is 0.100. The highest BCUT2D eigenvalue weighted by molar-refractivity contribution is 5.15. The molecule has 1 saturated heterocycles. The van der Waals surface area contributed by atoms with E-state index in [2.05, 4.69) is 47.6 Å². The number of benzene rings is 1. The lowest BCUT2D eigenvalue weighted by Crippen LogP contribution is -2.60. The van der Waals surface area contributed by atoms with Crippen LogP contribution in [0.3, 0.4) is 0 Å². The largest absolute Gasteiger partial charge is 0.329 e. The van der Waals surface area contributed by atoms with Gasteiger partial charge in [0.15, 0.2) is 0 Å². The fourth-order valence-corrected chi connectivity index (χ4v) is 2.63. The van der Waals surface area contributed by atoms with E-state index in [9.17, 15) is 0 Å². The first kappa shape index (κ1) is 12.6. The van der Waals surface area contributed by atoms with Crippen LogP contribution in [0, 0.1) is 0 Å². The second-order valence-corrected chi connectivity index (χ2v) is 5.16. The summed E-state index contributed by atoms with van der Waals surface area (Å²) in [6, 6.07) is 10.5. The Morgan fingerprint density at radius 2 is 2.12 bits per heavy atom. The molecule has 3 N–H and O–H groups in total. The van der Waals surface area contributed by atoms with E-state index < -0.39 is 0 Å². The normalized spacial score (nSPS) is 26.0. The van der Waals surface area contributed by atoms with Crippen molar-refractivity contribution in [3.63, 3.8) is 0 Å². The predicted molar refractivity (Wildman–Crippen MR) is 71.8 cm³/mol. The van der Waals surface area contributed by atoms with Crippen LogP contribution in [0.25, 0.3) is 0 Å². The average molecular weight is 233 g/mol. The molecule has 1 fully saturated rings. The molecule has 3 heteroatoms. The van der Waals surface area contributed by atoms with Gasteiger partial charge in [-0.1, -0.05) is 30.3 Å². The first-order chi connectivity index (χ1) is 8.24. The third kappa shape index (κ3) is 3.28. The van der Waals surface area contributed by atoms with Crippen molar-refractivity contribution in [2.24, 2.45) is 5.73 Å². The molecule has 0 aromatic heterocycles. The van der Waals surface area contributed by atoms with Gasteiger partial charge in [-0.2, -0.15) is 0 Å². The third-order valence-corrected chi connectivity index (χ3v) is 3.67. The molecule has 17 heavy (non-hydrogen) atoms. The molecule has 1 atom stereocenters. The van der Waals surface area contributed by atoms with E-state index in [-0.39, 0.29) is 5.54 Å². The van der Waals surface area contributed by atoms with E-state index in [0.29, 0.717) is 6.54 Å². The summed E-state index contributed by atoms with van der Waals surface area (Å²) in [5, 5.41) is 3.66. The van der Waals surface area contributed by atoms with Crippen LogP contribution in [-0.4, -0.2) is 37.1 Å². The number of rotatable bonds is 4. The predicted octanol–water partition coefficient (Wildman–Crippen LogP) is 1.20. The van der Waals surface area contributed by atoms with Gasteiger partial charge in [0.25, 0.3) is 0 Å². The summed E-state index contributed by atoms with van der Waals surface area (Å²) in [6.45, 7) is 3.86. The molecule has 0 amide bonds. The molecule has 1 aromatic carbocycles. The Bertz CT molecular complexity index is 339. The molecule has 0 aliphatic carbocycles. The van der Waals surface area contributed by atoms with Gasteiger partial charge in [-0.15, -0.1) is 0 Å². The highest BCUT2D eigenvalue weighted by atomic mass is 15.2. The Balaban J connectivity index is 1.95. The molecule has 0 saturated carbocycles. The Morgan fingerprint density at radius 3 is 2.76 bits per heavy atom. The molecule has 0 spiro atoms. The molecule has 0 radical (unpaired) electrons. The third-order valence-electron chi connectivity index (χ3n) is 3.67. The van der Waals surface area contributed by atoms with E-state index in [1.54, 1.807) is 0 Å². The summed E-state index contributed by atoms with van der Waals surface area (Å²) in [5.74, 6) is 0. The quantitative estimate of drug-likeness (QED) is 0.821. The molecular weight excluding hydrogens is 210 g/mol. The summed E-state index contributed by atoms with van der Waals surface area (Å²) < 4.78 is 0. The van der Waals surface area contributed by atoms with Gasteiger partial charge in [0.05, 0.1) is 0 Å². The maximum absolute atomic E-state index is 5.98. The Morgan fingerprint density at radius 1 is 1.35 bits per heavy atom. The van der Waals surface area contributed by atoms with Gasteiger partial charge in [0.2, 0.25) is 0 Å². The number of nitrogens with two attached hydrogens (primary N) is 1. The highest BCUT2D eigenvalue weighted by Crippen LogP contribution is 2.19. The van der Waals surface area contributed by atoms with Crippen LogP contribution in [0.1, 0.15) is 18.4 Å². The standard InChI is InChI=1S/C14H23N3/c1-17-9-5-8-14(11-15,12-17)16-10-13-6-3-2-4-7-13/h2-4,6-7,16H,5,8-12,15H2,1H3. The van der Waals surface area contributed by atoms with Crippen molar-refractivity contribution in [2.75, 3.05) is 26.7 Å². The number of piperidine rings is 1. The van der Waals surface area contributed by atoms with Crippen LogP contribution in [-0.2, 0) is 6.54 Å². The molecule has 3 nitrogen and oxygen atoms in total. The van der Waals surface area contributed by atoms with Crippen LogP contribution in [0.5, 0.6) is 0 Å². The number of likely N-dealkylation sites (N-methyl/N-ethyl adjacent to an activating group) is 1. The van der Waals surface area contributed by atoms with E-state index in [0.717, 1.165) is 13.1 Å². The van der Waals surface area contributed by atoms with E-state index >= 15 is 0 Å². The second kappa shape index (κ2) is 5.63. The second-order valence-electron chi connectivity index (χ2n) is 5.16. The molecular formula is C14H23N3. The fourth-order valence-electron chi connectivity index (χ4n) is 2.63. The van der Waals surface area contributed by atoms with Crippen LogP contribution in [0.15, 0.2) is 30.3 Å². The Hall–Kier alpha value is -0.900. The summed E-state index contributed by atoms with van der Waals surface area (Å²) in [4.78, 5) is 2.37. The van der Waals surface area contributed by atoms with Crippen LogP contribution < -0.4 is 11.1 Å². The minimum Gasteiger partial charge on any atom is -0.329 e. The molecule has 1 aromatic rings. The maximum atomic E-state index is 5.98. The van der Waals surface area contributed by atoms with Crippen LogP contribution in [0.4, 0.5) is 0 Å². The van der Waals surface area contributed by atoms with Gasteiger partial charge in [0.1, 0.15) is 0 Å². The van der Waals surface area contributed by atoms with Gasteiger partial charge >= 0.3 is 0 Å². The van der Waals surface area contributed by atoms with Gasteiger partial charge < -0.3 is 16.0 Å². The number of hydrogen-bond donors (Lipinski definition) is 2. The van der Waals surface area contributed by atoms with E-state index in [1.165, 1.54) is 24.9 Å². The van der Waals surface area contributed by atoms with Gasteiger partial charge in [0, 0.05) is 25.2 Å². The topological polar surface area (TPSA) is 41.3 Å². The van der Waals surface area contributed by atoms with Crippen molar-refractivity contribution in [3.05, 3.63) is 35.9 Å². The van der Waals surface area contributed by atoms with Crippen LogP contribution in [0.2, 0.25) is 0 Å². The number of nitrogens with one attached hydrogen (secondary N) is 1. The Kier molecular flexibility index (Phi) is 4.15. The molecule has 1 unspecified atom stereocenters. The minimum atomic E-state index is 0.100. The average Bonchev–Trinajstić information content (AvgIpc) is 2.38. The smallest absolute Gasteiger partial charge is 0.0435 e. The lowest BCUT2D eigenvalue weighted by molar-refractivity contribution is 0.148. The SMILES string of the molecule is CN1CCCC(CN)(NCc2ccccc2)C1. The van der Waals surface area contributed by atoms with Crippen molar-refractivity contribution in [1.29, 1.82) is 0 Å². The summed E-state index contributed by atoms with van der Waals surface area (Å²) in [6.07, 6.45) is 2.41. The van der Waals surface area contributed by atoms with Crippen molar-refractivity contribution >= 4 is 0 Å². The number of nitrogens with zero attached hydrogens (tertiary/aromatic N) is 1. The lowest BCUT2D eigenvalue weighted by Gasteiger charge is -2.41. The summed E-state index contributed by atoms with van der Waals surface area (Å²) in [7, 11) is 2.17. The lowest BCUT2D eigenvalue weighted by atomic mass is 9.89. The zero-order chi connectivity index (χ0) is 12.1. The van der Waals surface area contributed by atoms with Crippen molar-refractivity contribution in [1.82, 2.24) is 10.2 Å². The molecule has 1 aliphatic heterocycles. The van der Waals surface area contributed by atoms with Gasteiger partial charge in [-0.05, 0) is 32.0 Å². The zero-order valence-electron chi connectivity index (χ0n) is 10.7. The maximum Gasteiger partial charge on any atom is 0.0435 e. The molecule has 2 rings (SSSR count). The Labute approximate surface area is 104 Å². The number of likely N-dealkylation sites (tertiary alicyclic amines) is 1. The summed E-state index contributed by atoms with van der Waals surface area (Å²) in [5.41, 5.74) is 7.40. The molecule has 1 heterocycles.